The number of nitrogens with zero attached hydrogens (tertiary/aromatic N) is 4. The zero-order valence-corrected chi connectivity index (χ0v) is 19.9. The first-order valence-electron chi connectivity index (χ1n) is 11.0. The van der Waals surface area contributed by atoms with Gasteiger partial charge in [-0.2, -0.15) is 5.10 Å². The molecule has 1 amide bonds. The lowest BCUT2D eigenvalue weighted by Gasteiger charge is -2.24. The molecule has 0 radical (unpaired) electrons. The first-order chi connectivity index (χ1) is 16.5. The monoisotopic (exact) mass is 456 g/mol. The molecule has 4 rings (SSSR count). The van der Waals surface area contributed by atoms with E-state index in [4.69, 9.17) is 9.47 Å². The maximum absolute atomic E-state index is 13.7. The molecule has 0 spiro atoms. The van der Waals surface area contributed by atoms with E-state index >= 15 is 0 Å². The number of rotatable bonds is 8. The van der Waals surface area contributed by atoms with E-state index in [1.54, 1.807) is 31.5 Å². The average molecular weight is 457 g/mol. The van der Waals surface area contributed by atoms with Crippen molar-refractivity contribution in [3.8, 4) is 17.2 Å². The summed E-state index contributed by atoms with van der Waals surface area (Å²) in [4.78, 5) is 19.7. The predicted molar refractivity (Wildman–Crippen MR) is 130 cm³/mol. The summed E-state index contributed by atoms with van der Waals surface area (Å²) < 4.78 is 12.7. The van der Waals surface area contributed by atoms with Crippen LogP contribution in [0.1, 0.15) is 32.9 Å². The van der Waals surface area contributed by atoms with Crippen LogP contribution in [-0.4, -0.2) is 39.8 Å². The van der Waals surface area contributed by atoms with Crippen LogP contribution >= 0.6 is 0 Å². The topological polar surface area (TPSA) is 69.5 Å². The number of hydrogen-bond acceptors (Lipinski definition) is 5. The van der Waals surface area contributed by atoms with Crippen LogP contribution in [0.25, 0.3) is 5.69 Å². The van der Waals surface area contributed by atoms with Gasteiger partial charge in [0.15, 0.2) is 11.5 Å². The van der Waals surface area contributed by atoms with Gasteiger partial charge in [0.1, 0.15) is 0 Å². The van der Waals surface area contributed by atoms with Crippen LogP contribution in [0.5, 0.6) is 11.5 Å². The number of carbonyl (C=O) groups excluding carboxylic acids is 1. The van der Waals surface area contributed by atoms with Crippen LogP contribution in [0, 0.1) is 13.8 Å². The molecule has 2 heterocycles. The van der Waals surface area contributed by atoms with E-state index < -0.39 is 0 Å². The lowest BCUT2D eigenvalue weighted by atomic mass is 10.1. The van der Waals surface area contributed by atoms with Crippen LogP contribution in [0.2, 0.25) is 0 Å². The smallest absolute Gasteiger partial charge is 0.254 e. The molecule has 7 nitrogen and oxygen atoms in total. The third kappa shape index (κ3) is 5.09. The normalized spacial score (nSPS) is 10.7. The van der Waals surface area contributed by atoms with Crippen LogP contribution in [0.3, 0.4) is 0 Å². The molecule has 0 saturated heterocycles. The Morgan fingerprint density at radius 1 is 0.912 bits per heavy atom. The second-order valence-corrected chi connectivity index (χ2v) is 8.10. The van der Waals surface area contributed by atoms with Gasteiger partial charge in [-0.3, -0.25) is 9.78 Å². The van der Waals surface area contributed by atoms with Crippen LogP contribution in [0.4, 0.5) is 0 Å². The standard InChI is InChI=1S/C27H28N4O3/c1-19-13-20(2)31(29-19)24-9-5-8-23(15-24)27(32)30(18-22-7-6-12-28-16-22)17-21-10-11-25(33-3)26(14-21)34-4/h5-16H,17-18H2,1-4H3. The third-order valence-electron chi connectivity index (χ3n) is 5.55. The van der Waals surface area contributed by atoms with Gasteiger partial charge in [0.05, 0.1) is 25.6 Å². The Labute approximate surface area is 199 Å². The van der Waals surface area contributed by atoms with Crippen LogP contribution in [0.15, 0.2) is 73.1 Å². The minimum Gasteiger partial charge on any atom is -0.493 e. The molecular weight excluding hydrogens is 428 g/mol. The SMILES string of the molecule is COc1ccc(CN(Cc2cccnc2)C(=O)c2cccc(-n3nc(C)cc3C)c2)cc1OC. The number of ether oxygens (including phenoxy) is 2. The van der Waals surface area contributed by atoms with Crippen molar-refractivity contribution in [1.82, 2.24) is 19.7 Å². The zero-order valence-electron chi connectivity index (χ0n) is 19.9. The lowest BCUT2D eigenvalue weighted by molar-refractivity contribution is 0.0729. The minimum absolute atomic E-state index is 0.0815. The van der Waals surface area contributed by atoms with Gasteiger partial charge >= 0.3 is 0 Å². The molecule has 0 aliphatic heterocycles. The van der Waals surface area contributed by atoms with Crippen molar-refractivity contribution >= 4 is 5.91 Å². The van der Waals surface area contributed by atoms with Crippen molar-refractivity contribution in [2.45, 2.75) is 26.9 Å². The molecule has 0 aliphatic carbocycles. The molecule has 2 aromatic heterocycles. The quantitative estimate of drug-likeness (QED) is 0.383. The molecule has 0 bridgehead atoms. The highest BCUT2D eigenvalue weighted by molar-refractivity contribution is 5.94. The third-order valence-corrected chi connectivity index (χ3v) is 5.55. The number of amides is 1. The van der Waals surface area contributed by atoms with E-state index in [-0.39, 0.29) is 5.91 Å². The van der Waals surface area contributed by atoms with E-state index in [0.29, 0.717) is 30.2 Å². The number of carbonyl (C=O) groups is 1. The maximum Gasteiger partial charge on any atom is 0.254 e. The van der Waals surface area contributed by atoms with Gasteiger partial charge < -0.3 is 14.4 Å². The van der Waals surface area contributed by atoms with Crippen molar-refractivity contribution in [1.29, 1.82) is 0 Å². The van der Waals surface area contributed by atoms with Crippen molar-refractivity contribution in [3.05, 3.63) is 101 Å². The van der Waals surface area contributed by atoms with Gasteiger partial charge in [-0.05, 0) is 67.4 Å². The van der Waals surface area contributed by atoms with Crippen LogP contribution in [-0.2, 0) is 13.1 Å². The molecule has 0 aliphatic rings. The fourth-order valence-electron chi connectivity index (χ4n) is 3.95. The number of benzene rings is 2. The van der Waals surface area contributed by atoms with Crippen molar-refractivity contribution < 1.29 is 14.3 Å². The Balaban J connectivity index is 1.67. The largest absolute Gasteiger partial charge is 0.493 e. The van der Waals surface area contributed by atoms with E-state index in [0.717, 1.165) is 28.2 Å². The molecule has 174 valence electrons. The van der Waals surface area contributed by atoms with Crippen molar-refractivity contribution in [2.24, 2.45) is 0 Å². The Morgan fingerprint density at radius 2 is 1.71 bits per heavy atom. The predicted octanol–water partition coefficient (Wildman–Crippen LogP) is 4.74. The molecule has 0 unspecified atom stereocenters. The Morgan fingerprint density at radius 3 is 2.38 bits per heavy atom. The van der Waals surface area contributed by atoms with Gasteiger partial charge in [0.25, 0.3) is 5.91 Å². The van der Waals surface area contributed by atoms with Gasteiger partial charge in [-0.1, -0.05) is 18.2 Å². The zero-order chi connectivity index (χ0) is 24.1. The number of methoxy groups -OCH3 is 2. The summed E-state index contributed by atoms with van der Waals surface area (Å²) in [7, 11) is 3.20. The fourth-order valence-corrected chi connectivity index (χ4v) is 3.95. The van der Waals surface area contributed by atoms with Gasteiger partial charge in [0, 0.05) is 36.7 Å². The molecule has 0 atom stereocenters. The Kier molecular flexibility index (Phi) is 6.92. The Hall–Kier alpha value is -4.13. The summed E-state index contributed by atoms with van der Waals surface area (Å²) in [5.41, 5.74) is 5.27. The molecule has 0 N–H and O–H groups in total. The first kappa shape index (κ1) is 23.0. The van der Waals surface area contributed by atoms with Gasteiger partial charge in [0.2, 0.25) is 0 Å². The highest BCUT2D eigenvalue weighted by Crippen LogP contribution is 2.28. The van der Waals surface area contributed by atoms with Crippen LogP contribution < -0.4 is 9.47 Å². The summed E-state index contributed by atoms with van der Waals surface area (Å²) >= 11 is 0. The number of aromatic nitrogens is 3. The Bertz CT molecular complexity index is 1280. The average Bonchev–Trinajstić information content (AvgIpc) is 3.21. The van der Waals surface area contributed by atoms with Crippen molar-refractivity contribution in [2.75, 3.05) is 14.2 Å². The summed E-state index contributed by atoms with van der Waals surface area (Å²) in [6.45, 7) is 4.78. The first-order valence-corrected chi connectivity index (χ1v) is 11.0. The second-order valence-electron chi connectivity index (χ2n) is 8.10. The number of hydrogen-bond donors (Lipinski definition) is 0. The van der Waals surface area contributed by atoms with Gasteiger partial charge in [-0.15, -0.1) is 0 Å². The highest BCUT2D eigenvalue weighted by atomic mass is 16.5. The van der Waals surface area contributed by atoms with E-state index in [9.17, 15) is 4.79 Å². The maximum atomic E-state index is 13.7. The lowest BCUT2D eigenvalue weighted by Crippen LogP contribution is -2.30. The number of pyridine rings is 1. The molecule has 34 heavy (non-hydrogen) atoms. The summed E-state index contributed by atoms with van der Waals surface area (Å²) in [6, 6.07) is 19.1. The van der Waals surface area contributed by atoms with Crippen molar-refractivity contribution in [3.63, 3.8) is 0 Å². The number of aryl methyl sites for hydroxylation is 2. The molecular formula is C27H28N4O3. The summed E-state index contributed by atoms with van der Waals surface area (Å²) in [5.74, 6) is 1.19. The molecule has 0 fully saturated rings. The molecule has 0 saturated carbocycles. The molecule has 2 aromatic carbocycles. The second kappa shape index (κ2) is 10.2. The molecule has 4 aromatic rings. The van der Waals surface area contributed by atoms with E-state index in [2.05, 4.69) is 10.1 Å². The fraction of sp³-hybridized carbons (Fsp3) is 0.222. The molecule has 7 heteroatoms. The van der Waals surface area contributed by atoms with Gasteiger partial charge in [-0.25, -0.2) is 4.68 Å². The minimum atomic E-state index is -0.0815. The van der Waals surface area contributed by atoms with E-state index in [1.165, 1.54) is 0 Å². The summed E-state index contributed by atoms with van der Waals surface area (Å²) in [6.07, 6.45) is 3.50. The summed E-state index contributed by atoms with van der Waals surface area (Å²) in [5, 5.41) is 4.55. The van der Waals surface area contributed by atoms with E-state index in [1.807, 2.05) is 79.2 Å². The highest BCUT2D eigenvalue weighted by Gasteiger charge is 2.19.